The molecule has 1 aliphatic heterocycles. The molecule has 1 amide bonds. The van der Waals surface area contributed by atoms with E-state index < -0.39 is 0 Å². The minimum Gasteiger partial charge on any atom is -0.497 e. The molecule has 0 aromatic heterocycles. The molecule has 3 rings (SSSR count). The van der Waals surface area contributed by atoms with Crippen LogP contribution in [0.3, 0.4) is 0 Å². The number of carbonyl (C=O) groups excluding carboxylic acids is 1. The van der Waals surface area contributed by atoms with Gasteiger partial charge in [0.05, 0.1) is 19.3 Å². The van der Waals surface area contributed by atoms with Gasteiger partial charge in [-0.05, 0) is 62.7 Å². The van der Waals surface area contributed by atoms with Crippen molar-refractivity contribution in [1.29, 1.82) is 0 Å². The molecule has 0 spiro atoms. The van der Waals surface area contributed by atoms with Gasteiger partial charge in [0.2, 0.25) is 5.91 Å². The molecule has 2 aromatic carbocycles. The van der Waals surface area contributed by atoms with E-state index >= 15 is 0 Å². The van der Waals surface area contributed by atoms with Crippen molar-refractivity contribution in [3.8, 4) is 5.75 Å². The van der Waals surface area contributed by atoms with E-state index in [1.165, 1.54) is 0 Å². The van der Waals surface area contributed by atoms with Gasteiger partial charge in [0.15, 0.2) is 0 Å². The summed E-state index contributed by atoms with van der Waals surface area (Å²) in [4.78, 5) is 18.4. The minimum absolute atomic E-state index is 0.0687. The summed E-state index contributed by atoms with van der Waals surface area (Å²) in [6.07, 6.45) is 0.487. The van der Waals surface area contributed by atoms with Gasteiger partial charge in [-0.15, -0.1) is 0 Å². The van der Waals surface area contributed by atoms with Crippen molar-refractivity contribution in [1.82, 2.24) is 9.80 Å². The number of likely N-dealkylation sites (N-methyl/N-ethyl adjacent to an activating group) is 1. The van der Waals surface area contributed by atoms with Gasteiger partial charge < -0.3 is 14.5 Å². The fourth-order valence-corrected chi connectivity index (χ4v) is 3.99. The van der Waals surface area contributed by atoms with E-state index in [-0.39, 0.29) is 17.9 Å². The fourth-order valence-electron chi connectivity index (χ4n) is 3.99. The van der Waals surface area contributed by atoms with E-state index in [2.05, 4.69) is 0 Å². The molecule has 1 heterocycles. The second-order valence-corrected chi connectivity index (χ2v) is 7.36. The number of carbonyl (C=O) groups is 1. The Kier molecular flexibility index (Phi) is 6.75. The van der Waals surface area contributed by atoms with E-state index in [9.17, 15) is 9.18 Å². The van der Waals surface area contributed by atoms with E-state index in [1.54, 1.807) is 13.2 Å². The third kappa shape index (κ3) is 4.53. The Labute approximate surface area is 172 Å². The number of amides is 1. The number of hydrogen-bond acceptors (Lipinski definition) is 4. The summed E-state index contributed by atoms with van der Waals surface area (Å²) in [6.45, 7) is 6.46. The predicted molar refractivity (Wildman–Crippen MR) is 114 cm³/mol. The highest BCUT2D eigenvalue weighted by atomic mass is 19.1. The third-order valence-electron chi connectivity index (χ3n) is 5.59. The van der Waals surface area contributed by atoms with Gasteiger partial charge in [-0.3, -0.25) is 9.69 Å². The topological polar surface area (TPSA) is 36.0 Å². The SMILES string of the molecule is CCN(CC)c1ccc(C2N(C)CC(=O)N2CCc2ccc(OC)cc2)cc1F. The molecule has 2 aromatic rings. The average Bonchev–Trinajstić information content (AvgIpc) is 3.01. The van der Waals surface area contributed by atoms with E-state index in [0.29, 0.717) is 18.8 Å². The van der Waals surface area contributed by atoms with Crippen LogP contribution in [0.4, 0.5) is 10.1 Å². The molecule has 1 fully saturated rings. The number of nitrogens with zero attached hydrogens (tertiary/aromatic N) is 3. The highest BCUT2D eigenvalue weighted by Crippen LogP contribution is 2.32. The first-order valence-corrected chi connectivity index (χ1v) is 10.2. The first-order chi connectivity index (χ1) is 14.0. The van der Waals surface area contributed by atoms with Crippen LogP contribution in [-0.2, 0) is 11.2 Å². The highest BCUT2D eigenvalue weighted by molar-refractivity contribution is 5.81. The zero-order valence-electron chi connectivity index (χ0n) is 17.7. The van der Waals surface area contributed by atoms with Crippen LogP contribution >= 0.6 is 0 Å². The first-order valence-electron chi connectivity index (χ1n) is 10.2. The molecule has 0 saturated carbocycles. The number of hydrogen-bond donors (Lipinski definition) is 0. The summed E-state index contributed by atoms with van der Waals surface area (Å²) in [6, 6.07) is 13.2. The van der Waals surface area contributed by atoms with Crippen molar-refractivity contribution in [2.75, 3.05) is 45.2 Å². The van der Waals surface area contributed by atoms with Gasteiger partial charge >= 0.3 is 0 Å². The summed E-state index contributed by atoms with van der Waals surface area (Å²) in [5, 5.41) is 0. The van der Waals surface area contributed by atoms with E-state index in [0.717, 1.165) is 36.4 Å². The molecule has 0 bridgehead atoms. The van der Waals surface area contributed by atoms with E-state index in [4.69, 9.17) is 4.74 Å². The Morgan fingerprint density at radius 3 is 2.41 bits per heavy atom. The van der Waals surface area contributed by atoms with Gasteiger partial charge in [-0.2, -0.15) is 0 Å². The van der Waals surface area contributed by atoms with Crippen molar-refractivity contribution < 1.29 is 13.9 Å². The van der Waals surface area contributed by atoms with Gasteiger partial charge in [-0.1, -0.05) is 18.2 Å². The quantitative estimate of drug-likeness (QED) is 0.678. The second-order valence-electron chi connectivity index (χ2n) is 7.36. The van der Waals surface area contributed by atoms with Crippen LogP contribution in [0.2, 0.25) is 0 Å². The van der Waals surface area contributed by atoms with Crippen LogP contribution in [0, 0.1) is 5.82 Å². The first kappa shape index (κ1) is 21.1. The smallest absolute Gasteiger partial charge is 0.238 e. The third-order valence-corrected chi connectivity index (χ3v) is 5.59. The lowest BCUT2D eigenvalue weighted by Gasteiger charge is -2.29. The molecule has 5 nitrogen and oxygen atoms in total. The highest BCUT2D eigenvalue weighted by Gasteiger charge is 2.36. The number of benzene rings is 2. The van der Waals surface area contributed by atoms with Crippen molar-refractivity contribution in [2.45, 2.75) is 26.4 Å². The second kappa shape index (κ2) is 9.27. The van der Waals surface area contributed by atoms with Crippen molar-refractivity contribution in [3.63, 3.8) is 0 Å². The summed E-state index contributed by atoms with van der Waals surface area (Å²) in [7, 11) is 3.55. The average molecular weight is 400 g/mol. The largest absolute Gasteiger partial charge is 0.497 e. The summed E-state index contributed by atoms with van der Waals surface area (Å²) >= 11 is 0. The molecule has 0 radical (unpaired) electrons. The van der Waals surface area contributed by atoms with Gasteiger partial charge in [0, 0.05) is 19.6 Å². The zero-order chi connectivity index (χ0) is 21.0. The molecule has 0 aliphatic carbocycles. The normalized spacial score (nSPS) is 17.1. The lowest BCUT2D eigenvalue weighted by Crippen LogP contribution is -2.33. The molecule has 1 saturated heterocycles. The maximum Gasteiger partial charge on any atom is 0.238 e. The molecule has 0 N–H and O–H groups in total. The molecule has 1 atom stereocenters. The number of rotatable bonds is 8. The fraction of sp³-hybridized carbons (Fsp3) is 0.435. The molecule has 29 heavy (non-hydrogen) atoms. The number of anilines is 1. The zero-order valence-corrected chi connectivity index (χ0v) is 17.7. The van der Waals surface area contributed by atoms with Gasteiger partial charge in [0.25, 0.3) is 0 Å². The van der Waals surface area contributed by atoms with Crippen LogP contribution in [0.1, 0.15) is 31.1 Å². The molecule has 156 valence electrons. The summed E-state index contributed by atoms with van der Waals surface area (Å²) in [5.74, 6) is 0.640. The summed E-state index contributed by atoms with van der Waals surface area (Å²) < 4.78 is 20.0. The van der Waals surface area contributed by atoms with Crippen molar-refractivity contribution in [3.05, 3.63) is 59.4 Å². The van der Waals surface area contributed by atoms with Gasteiger partial charge in [0.1, 0.15) is 17.7 Å². The van der Waals surface area contributed by atoms with Gasteiger partial charge in [-0.25, -0.2) is 4.39 Å². The summed E-state index contributed by atoms with van der Waals surface area (Å²) in [5.41, 5.74) is 2.55. The lowest BCUT2D eigenvalue weighted by molar-refractivity contribution is -0.128. The number of ether oxygens (including phenoxy) is 1. The minimum atomic E-state index is -0.249. The van der Waals surface area contributed by atoms with E-state index in [1.807, 2.05) is 72.0 Å². The number of methoxy groups -OCH3 is 1. The van der Waals surface area contributed by atoms with Crippen LogP contribution in [0.25, 0.3) is 0 Å². The molecule has 6 heteroatoms. The Hall–Kier alpha value is -2.60. The lowest BCUT2D eigenvalue weighted by atomic mass is 10.1. The van der Waals surface area contributed by atoms with Crippen LogP contribution in [0.5, 0.6) is 5.75 Å². The molecule has 1 aliphatic rings. The molecular formula is C23H30FN3O2. The maximum atomic E-state index is 14.8. The van der Waals surface area contributed by atoms with Crippen LogP contribution in [-0.4, -0.2) is 56.0 Å². The predicted octanol–water partition coefficient (Wildman–Crippen LogP) is 3.70. The standard InChI is InChI=1S/C23H30FN3O2/c1-5-26(6-2)21-12-9-18(15-20(21)24)23-25(3)16-22(28)27(23)14-13-17-7-10-19(29-4)11-8-17/h7-12,15,23H,5-6,13-14,16H2,1-4H3. The molecule has 1 unspecified atom stereocenters. The number of halogens is 1. The van der Waals surface area contributed by atoms with Crippen molar-refractivity contribution in [2.24, 2.45) is 0 Å². The Morgan fingerprint density at radius 1 is 1.14 bits per heavy atom. The maximum absolute atomic E-state index is 14.8. The Balaban J connectivity index is 1.78. The Morgan fingerprint density at radius 2 is 1.83 bits per heavy atom. The molecular weight excluding hydrogens is 369 g/mol. The Bertz CT molecular complexity index is 837. The van der Waals surface area contributed by atoms with Crippen LogP contribution < -0.4 is 9.64 Å². The monoisotopic (exact) mass is 399 g/mol. The van der Waals surface area contributed by atoms with Crippen molar-refractivity contribution >= 4 is 11.6 Å². The van der Waals surface area contributed by atoms with Crippen LogP contribution in [0.15, 0.2) is 42.5 Å².